The second-order valence-electron chi connectivity index (χ2n) is 7.07. The minimum absolute atomic E-state index is 0.137. The molecule has 1 aliphatic heterocycles. The van der Waals surface area contributed by atoms with Crippen molar-refractivity contribution in [3.8, 4) is 0 Å². The summed E-state index contributed by atoms with van der Waals surface area (Å²) in [7, 11) is 0. The van der Waals surface area contributed by atoms with E-state index in [4.69, 9.17) is 14.6 Å². The molecule has 1 unspecified atom stereocenters. The third-order valence-electron chi connectivity index (χ3n) is 3.98. The Morgan fingerprint density at radius 1 is 1.05 bits per heavy atom. The van der Waals surface area contributed by atoms with Crippen LogP contribution in [0.2, 0.25) is 0 Å². The van der Waals surface area contributed by atoms with Crippen molar-refractivity contribution < 1.29 is 14.6 Å². The minimum atomic E-state index is -0.474. The molecule has 0 bridgehead atoms. The predicted octanol–water partition coefficient (Wildman–Crippen LogP) is 4.36. The lowest BCUT2D eigenvalue weighted by molar-refractivity contribution is -0.157. The summed E-state index contributed by atoms with van der Waals surface area (Å²) in [5.41, 5.74) is 2.43. The fraction of sp³-hybridized carbons (Fsp3) is 0.778. The largest absolute Gasteiger partial charge is 0.392 e. The smallest absolute Gasteiger partial charge is 0.164 e. The highest BCUT2D eigenvalue weighted by molar-refractivity contribution is 5.04. The van der Waals surface area contributed by atoms with E-state index in [0.29, 0.717) is 0 Å². The molecule has 3 nitrogen and oxygen atoms in total. The third kappa shape index (κ3) is 6.33. The maximum Gasteiger partial charge on any atom is 0.164 e. The highest BCUT2D eigenvalue weighted by Crippen LogP contribution is 2.38. The van der Waals surface area contributed by atoms with E-state index >= 15 is 0 Å². The van der Waals surface area contributed by atoms with Gasteiger partial charge in [0, 0.05) is 0 Å². The Kier molecular flexibility index (Phi) is 6.64. The lowest BCUT2D eigenvalue weighted by Crippen LogP contribution is -2.33. The van der Waals surface area contributed by atoms with Crippen LogP contribution in [0.3, 0.4) is 0 Å². The zero-order chi connectivity index (χ0) is 16.1. The SMILES string of the molecule is C/C(=C\CO)CC/C=C(\C)CCC1OC(C)(C)OC1(C)C. The van der Waals surface area contributed by atoms with Gasteiger partial charge >= 0.3 is 0 Å². The van der Waals surface area contributed by atoms with Gasteiger partial charge < -0.3 is 14.6 Å². The van der Waals surface area contributed by atoms with Crippen molar-refractivity contribution in [2.24, 2.45) is 0 Å². The van der Waals surface area contributed by atoms with E-state index in [1.54, 1.807) is 0 Å². The summed E-state index contributed by atoms with van der Waals surface area (Å²) in [5, 5.41) is 8.82. The molecule has 1 saturated heterocycles. The molecule has 3 heteroatoms. The fourth-order valence-corrected chi connectivity index (χ4v) is 2.88. The third-order valence-corrected chi connectivity index (χ3v) is 3.98. The van der Waals surface area contributed by atoms with Crippen molar-refractivity contribution in [1.29, 1.82) is 0 Å². The monoisotopic (exact) mass is 296 g/mol. The maximum atomic E-state index is 8.82. The summed E-state index contributed by atoms with van der Waals surface area (Å²) in [6.07, 6.45) is 8.39. The second-order valence-corrected chi connectivity index (χ2v) is 7.07. The Labute approximate surface area is 130 Å². The van der Waals surface area contributed by atoms with Crippen LogP contribution in [0.5, 0.6) is 0 Å². The summed E-state index contributed by atoms with van der Waals surface area (Å²) >= 11 is 0. The van der Waals surface area contributed by atoms with E-state index in [9.17, 15) is 0 Å². The van der Waals surface area contributed by atoms with Crippen molar-refractivity contribution in [1.82, 2.24) is 0 Å². The second kappa shape index (κ2) is 7.57. The van der Waals surface area contributed by atoms with Crippen LogP contribution in [-0.4, -0.2) is 29.2 Å². The van der Waals surface area contributed by atoms with Crippen LogP contribution >= 0.6 is 0 Å². The van der Waals surface area contributed by atoms with Crippen LogP contribution in [0.25, 0.3) is 0 Å². The summed E-state index contributed by atoms with van der Waals surface area (Å²) in [4.78, 5) is 0. The van der Waals surface area contributed by atoms with Gasteiger partial charge in [0.05, 0.1) is 18.3 Å². The van der Waals surface area contributed by atoms with Crippen molar-refractivity contribution in [3.63, 3.8) is 0 Å². The molecule has 0 saturated carbocycles. The first kappa shape index (κ1) is 18.4. The number of allylic oxidation sites excluding steroid dienone is 3. The molecule has 1 fully saturated rings. The summed E-state index contributed by atoms with van der Waals surface area (Å²) < 4.78 is 12.0. The van der Waals surface area contributed by atoms with Crippen LogP contribution in [-0.2, 0) is 9.47 Å². The van der Waals surface area contributed by atoms with Crippen LogP contribution in [0.4, 0.5) is 0 Å². The Morgan fingerprint density at radius 2 is 1.67 bits per heavy atom. The van der Waals surface area contributed by atoms with Gasteiger partial charge in [0.1, 0.15) is 0 Å². The predicted molar refractivity (Wildman–Crippen MR) is 87.2 cm³/mol. The van der Waals surface area contributed by atoms with Crippen molar-refractivity contribution in [2.75, 3.05) is 6.61 Å². The molecule has 0 aromatic carbocycles. The Bertz CT molecular complexity index is 391. The molecular formula is C18H32O3. The van der Waals surface area contributed by atoms with Gasteiger partial charge in [-0.25, -0.2) is 0 Å². The van der Waals surface area contributed by atoms with Crippen molar-refractivity contribution in [3.05, 3.63) is 23.3 Å². The molecule has 122 valence electrons. The van der Waals surface area contributed by atoms with Crippen LogP contribution < -0.4 is 0 Å². The molecule has 0 aromatic heterocycles. The zero-order valence-electron chi connectivity index (χ0n) is 14.5. The Balaban J connectivity index is 2.39. The molecule has 0 radical (unpaired) electrons. The topological polar surface area (TPSA) is 38.7 Å². The zero-order valence-corrected chi connectivity index (χ0v) is 14.5. The van der Waals surface area contributed by atoms with E-state index in [1.807, 2.05) is 19.9 Å². The summed E-state index contributed by atoms with van der Waals surface area (Å²) in [6, 6.07) is 0. The fourth-order valence-electron chi connectivity index (χ4n) is 2.88. The summed E-state index contributed by atoms with van der Waals surface area (Å²) in [5.74, 6) is -0.474. The highest BCUT2D eigenvalue weighted by Gasteiger charge is 2.46. The average molecular weight is 296 g/mol. The van der Waals surface area contributed by atoms with E-state index < -0.39 is 5.79 Å². The van der Waals surface area contributed by atoms with Gasteiger partial charge in [-0.3, -0.25) is 0 Å². The number of hydrogen-bond acceptors (Lipinski definition) is 3. The number of aliphatic hydroxyl groups excluding tert-OH is 1. The number of rotatable bonds is 7. The van der Waals surface area contributed by atoms with Crippen LogP contribution in [0.1, 0.15) is 67.2 Å². The molecule has 0 spiro atoms. The quantitative estimate of drug-likeness (QED) is 0.709. The van der Waals surface area contributed by atoms with Gasteiger partial charge in [-0.2, -0.15) is 0 Å². The molecule has 1 rings (SSSR count). The van der Waals surface area contributed by atoms with Crippen molar-refractivity contribution in [2.45, 2.75) is 84.7 Å². The standard InChI is InChI=1S/C18H32O3/c1-14(8-7-9-15(2)12-13-19)10-11-16-17(3,4)21-18(5,6)20-16/h8,12,16,19H,7,9-11,13H2,1-6H3/b14-8+,15-12+. The van der Waals surface area contributed by atoms with Gasteiger partial charge in [0.25, 0.3) is 0 Å². The molecular weight excluding hydrogens is 264 g/mol. The maximum absolute atomic E-state index is 8.82. The molecule has 1 heterocycles. The normalized spacial score (nSPS) is 25.4. The number of ether oxygens (including phenoxy) is 2. The lowest BCUT2D eigenvalue weighted by atomic mass is 9.95. The van der Waals surface area contributed by atoms with Gasteiger partial charge in [-0.05, 0) is 67.2 Å². The van der Waals surface area contributed by atoms with E-state index in [0.717, 1.165) is 25.7 Å². The molecule has 0 aromatic rings. The first-order valence-electron chi connectivity index (χ1n) is 7.96. The van der Waals surface area contributed by atoms with Gasteiger partial charge in [0.15, 0.2) is 5.79 Å². The first-order chi connectivity index (χ1) is 9.66. The lowest BCUT2D eigenvalue weighted by Gasteiger charge is -2.24. The molecule has 1 atom stereocenters. The van der Waals surface area contributed by atoms with Crippen LogP contribution in [0.15, 0.2) is 23.3 Å². The van der Waals surface area contributed by atoms with Crippen LogP contribution in [0, 0.1) is 0 Å². The Hall–Kier alpha value is -0.640. The minimum Gasteiger partial charge on any atom is -0.392 e. The van der Waals surface area contributed by atoms with E-state index in [1.165, 1.54) is 11.1 Å². The van der Waals surface area contributed by atoms with Gasteiger partial charge in [0.2, 0.25) is 0 Å². The van der Waals surface area contributed by atoms with E-state index in [2.05, 4.69) is 33.8 Å². The highest BCUT2D eigenvalue weighted by atomic mass is 16.8. The molecule has 0 amide bonds. The van der Waals surface area contributed by atoms with Gasteiger partial charge in [-0.15, -0.1) is 0 Å². The Morgan fingerprint density at radius 3 is 2.19 bits per heavy atom. The average Bonchev–Trinajstić information content (AvgIpc) is 2.54. The molecule has 1 N–H and O–H groups in total. The molecule has 1 aliphatic rings. The van der Waals surface area contributed by atoms with Gasteiger partial charge in [-0.1, -0.05) is 23.3 Å². The first-order valence-corrected chi connectivity index (χ1v) is 7.96. The summed E-state index contributed by atoms with van der Waals surface area (Å²) in [6.45, 7) is 12.6. The molecule has 0 aliphatic carbocycles. The number of hydrogen-bond donors (Lipinski definition) is 1. The van der Waals surface area contributed by atoms with E-state index in [-0.39, 0.29) is 18.3 Å². The molecule has 21 heavy (non-hydrogen) atoms. The number of aliphatic hydroxyl groups is 1. The van der Waals surface area contributed by atoms with Crippen molar-refractivity contribution >= 4 is 0 Å².